The summed E-state index contributed by atoms with van der Waals surface area (Å²) in [6.45, 7) is 0.591. The Labute approximate surface area is 129 Å². The van der Waals surface area contributed by atoms with Crippen molar-refractivity contribution in [3.63, 3.8) is 0 Å². The fourth-order valence-electron chi connectivity index (χ4n) is 2.48. The average Bonchev–Trinajstić information content (AvgIpc) is 2.92. The largest absolute Gasteiger partial charge is 0.326 e. The molecule has 1 aliphatic carbocycles. The lowest BCUT2D eigenvalue weighted by atomic mass is 10.1. The molecule has 1 aromatic carbocycles. The predicted molar refractivity (Wildman–Crippen MR) is 81.5 cm³/mol. The summed E-state index contributed by atoms with van der Waals surface area (Å²) < 4.78 is 27.3. The first-order valence-corrected chi connectivity index (χ1v) is 8.85. The van der Waals surface area contributed by atoms with E-state index in [2.05, 4.69) is 4.72 Å². The minimum absolute atomic E-state index is 0.00473. The maximum Gasteiger partial charge on any atom is 0.242 e. The normalized spacial score (nSPS) is 16.8. The van der Waals surface area contributed by atoms with Crippen LogP contribution in [0.25, 0.3) is 0 Å². The van der Waals surface area contributed by atoms with E-state index in [9.17, 15) is 8.42 Å². The number of nitrogens with two attached hydrogens (primary N) is 1. The van der Waals surface area contributed by atoms with E-state index in [0.29, 0.717) is 23.0 Å². The van der Waals surface area contributed by atoms with E-state index < -0.39 is 10.0 Å². The maximum atomic E-state index is 12.3. The summed E-state index contributed by atoms with van der Waals surface area (Å²) in [6, 6.07) is 2.94. The molecule has 1 aromatic rings. The lowest BCUT2D eigenvalue weighted by Crippen LogP contribution is -2.29. The summed E-state index contributed by atoms with van der Waals surface area (Å²) in [5.74, 6) is 0.414. The molecule has 0 unspecified atom stereocenters. The van der Waals surface area contributed by atoms with Crippen molar-refractivity contribution in [3.8, 4) is 0 Å². The second kappa shape index (κ2) is 6.62. The lowest BCUT2D eigenvalue weighted by Gasteiger charge is -2.14. The number of rotatable bonds is 5. The van der Waals surface area contributed by atoms with Crippen molar-refractivity contribution in [1.29, 1.82) is 0 Å². The lowest BCUT2D eigenvalue weighted by molar-refractivity contribution is 0.519. The smallest absolute Gasteiger partial charge is 0.242 e. The number of nitrogens with one attached hydrogen (secondary N) is 1. The van der Waals surface area contributed by atoms with E-state index in [1.807, 2.05) is 0 Å². The number of benzene rings is 1. The van der Waals surface area contributed by atoms with Gasteiger partial charge in [-0.3, -0.25) is 0 Å². The van der Waals surface area contributed by atoms with Crippen molar-refractivity contribution in [2.75, 3.05) is 6.54 Å². The summed E-state index contributed by atoms with van der Waals surface area (Å²) >= 11 is 12.0. The Hall–Kier alpha value is -0.330. The van der Waals surface area contributed by atoms with Crippen LogP contribution in [0.1, 0.15) is 31.2 Å². The number of hydrogen-bond donors (Lipinski definition) is 2. The van der Waals surface area contributed by atoms with E-state index in [0.717, 1.165) is 12.8 Å². The quantitative estimate of drug-likeness (QED) is 0.868. The third-order valence-electron chi connectivity index (χ3n) is 3.63. The van der Waals surface area contributed by atoms with Crippen LogP contribution in [-0.4, -0.2) is 15.0 Å². The highest BCUT2D eigenvalue weighted by Gasteiger charge is 2.23. The van der Waals surface area contributed by atoms with Crippen LogP contribution in [0.4, 0.5) is 0 Å². The molecule has 0 amide bonds. The maximum absolute atomic E-state index is 12.3. The van der Waals surface area contributed by atoms with Crippen LogP contribution in [0.3, 0.4) is 0 Å². The average molecular weight is 337 g/mol. The fourth-order valence-corrected chi connectivity index (χ4v) is 4.54. The van der Waals surface area contributed by atoms with Gasteiger partial charge in [-0.25, -0.2) is 13.1 Å². The summed E-state index contributed by atoms with van der Waals surface area (Å²) in [6.07, 6.45) is 4.48. The number of sulfonamides is 1. The van der Waals surface area contributed by atoms with Gasteiger partial charge in [-0.2, -0.15) is 0 Å². The standard InChI is InChI=1S/C13H18Cl2N2O2S/c14-11-5-10(7-16)13(15)12(6-11)20(18,19)17-8-9-3-1-2-4-9/h5-6,9,17H,1-4,7-8,16H2. The molecule has 0 saturated heterocycles. The van der Waals surface area contributed by atoms with Gasteiger partial charge < -0.3 is 5.73 Å². The van der Waals surface area contributed by atoms with Gasteiger partial charge >= 0.3 is 0 Å². The Morgan fingerprint density at radius 2 is 1.90 bits per heavy atom. The van der Waals surface area contributed by atoms with Gasteiger partial charge in [-0.05, 0) is 36.5 Å². The molecule has 4 nitrogen and oxygen atoms in total. The molecule has 7 heteroatoms. The second-order valence-electron chi connectivity index (χ2n) is 5.08. The highest BCUT2D eigenvalue weighted by molar-refractivity contribution is 7.89. The molecule has 1 fully saturated rings. The summed E-state index contributed by atoms with van der Waals surface area (Å²) in [5, 5.41) is 0.465. The van der Waals surface area contributed by atoms with Crippen molar-refractivity contribution >= 4 is 33.2 Å². The van der Waals surface area contributed by atoms with E-state index >= 15 is 0 Å². The molecule has 3 N–H and O–H groups in total. The molecule has 0 aliphatic heterocycles. The molecule has 0 radical (unpaired) electrons. The number of hydrogen-bond acceptors (Lipinski definition) is 3. The van der Waals surface area contributed by atoms with Gasteiger partial charge in [0.2, 0.25) is 10.0 Å². The SMILES string of the molecule is NCc1cc(Cl)cc(S(=O)(=O)NCC2CCCC2)c1Cl. The minimum Gasteiger partial charge on any atom is -0.326 e. The highest BCUT2D eigenvalue weighted by atomic mass is 35.5. The molecular weight excluding hydrogens is 319 g/mol. The molecule has 1 aliphatic rings. The molecule has 0 aromatic heterocycles. The van der Waals surface area contributed by atoms with Crippen LogP contribution in [0.15, 0.2) is 17.0 Å². The van der Waals surface area contributed by atoms with Gasteiger partial charge in [0.15, 0.2) is 0 Å². The zero-order valence-corrected chi connectivity index (χ0v) is 13.4. The number of halogens is 2. The van der Waals surface area contributed by atoms with E-state index in [1.54, 1.807) is 6.07 Å². The molecule has 0 heterocycles. The Morgan fingerprint density at radius 3 is 2.50 bits per heavy atom. The molecule has 20 heavy (non-hydrogen) atoms. The molecular formula is C13H18Cl2N2O2S. The molecule has 2 rings (SSSR count). The molecule has 0 spiro atoms. The summed E-state index contributed by atoms with van der Waals surface area (Å²) in [5.41, 5.74) is 6.08. The van der Waals surface area contributed by atoms with Crippen LogP contribution in [0.2, 0.25) is 10.0 Å². The van der Waals surface area contributed by atoms with Gasteiger partial charge in [0.25, 0.3) is 0 Å². The van der Waals surface area contributed by atoms with E-state index in [-0.39, 0.29) is 16.5 Å². The molecule has 0 bridgehead atoms. The van der Waals surface area contributed by atoms with Crippen molar-refractivity contribution in [2.24, 2.45) is 11.7 Å². The zero-order valence-electron chi connectivity index (χ0n) is 11.0. The molecule has 1 saturated carbocycles. The second-order valence-corrected chi connectivity index (χ2v) is 7.63. The Balaban J connectivity index is 2.22. The van der Waals surface area contributed by atoms with Crippen LogP contribution in [0.5, 0.6) is 0 Å². The topological polar surface area (TPSA) is 72.2 Å². The van der Waals surface area contributed by atoms with Gasteiger partial charge in [0.05, 0.1) is 5.02 Å². The van der Waals surface area contributed by atoms with Crippen LogP contribution in [-0.2, 0) is 16.6 Å². The van der Waals surface area contributed by atoms with E-state index in [4.69, 9.17) is 28.9 Å². The van der Waals surface area contributed by atoms with Crippen molar-refractivity contribution < 1.29 is 8.42 Å². The first kappa shape index (κ1) is 16.0. The summed E-state index contributed by atoms with van der Waals surface area (Å²) in [7, 11) is -3.66. The fraction of sp³-hybridized carbons (Fsp3) is 0.538. The molecule has 0 atom stereocenters. The first-order valence-electron chi connectivity index (χ1n) is 6.61. The third-order valence-corrected chi connectivity index (χ3v) is 5.85. The Bertz CT molecular complexity index is 584. The van der Waals surface area contributed by atoms with Crippen molar-refractivity contribution in [3.05, 3.63) is 27.7 Å². The summed E-state index contributed by atoms with van der Waals surface area (Å²) in [4.78, 5) is 0.00473. The van der Waals surface area contributed by atoms with Gasteiger partial charge in [0.1, 0.15) is 4.90 Å². The van der Waals surface area contributed by atoms with E-state index in [1.165, 1.54) is 18.9 Å². The van der Waals surface area contributed by atoms with Gasteiger partial charge in [0, 0.05) is 18.1 Å². The zero-order chi connectivity index (χ0) is 14.8. The van der Waals surface area contributed by atoms with Crippen LogP contribution >= 0.6 is 23.2 Å². The van der Waals surface area contributed by atoms with Crippen LogP contribution < -0.4 is 10.5 Å². The third kappa shape index (κ3) is 3.65. The Kier molecular flexibility index (Phi) is 5.31. The minimum atomic E-state index is -3.66. The first-order chi connectivity index (χ1) is 9.44. The highest BCUT2D eigenvalue weighted by Crippen LogP contribution is 2.30. The van der Waals surface area contributed by atoms with Gasteiger partial charge in [-0.15, -0.1) is 0 Å². The molecule has 112 valence electrons. The van der Waals surface area contributed by atoms with Crippen LogP contribution in [0, 0.1) is 5.92 Å². The van der Waals surface area contributed by atoms with Crippen molar-refractivity contribution in [2.45, 2.75) is 37.1 Å². The van der Waals surface area contributed by atoms with Gasteiger partial charge in [-0.1, -0.05) is 36.0 Å². The Morgan fingerprint density at radius 1 is 1.25 bits per heavy atom. The predicted octanol–water partition coefficient (Wildman–Crippen LogP) is 2.92. The monoisotopic (exact) mass is 336 g/mol. The van der Waals surface area contributed by atoms with Crippen molar-refractivity contribution in [1.82, 2.24) is 4.72 Å².